The molecule has 0 bridgehead atoms. The molecule has 2 N–H and O–H groups in total. The second kappa shape index (κ2) is 8.65. The van der Waals surface area contributed by atoms with Crippen LogP contribution in [0.5, 0.6) is 0 Å². The molecular formula is C24H25B8NO2. The van der Waals surface area contributed by atoms with Gasteiger partial charge in [0, 0.05) is 16.7 Å². The number of rotatable bonds is 3. The Hall–Kier alpha value is -2.88. The predicted octanol–water partition coefficient (Wildman–Crippen LogP) is -8.06. The van der Waals surface area contributed by atoms with E-state index in [9.17, 15) is 10.0 Å². The third-order valence-corrected chi connectivity index (χ3v) is 8.16. The Morgan fingerprint density at radius 3 is 1.71 bits per heavy atom. The first kappa shape index (κ1) is 23.8. The van der Waals surface area contributed by atoms with Crippen LogP contribution in [-0.2, 0) is 0 Å². The quantitative estimate of drug-likeness (QED) is 0.271. The van der Waals surface area contributed by atoms with Gasteiger partial charge in [0.15, 0.2) is 0 Å². The lowest BCUT2D eigenvalue weighted by atomic mass is 9.59. The molecule has 0 aliphatic heterocycles. The Bertz CT molecular complexity index is 1650. The number of nitrogens with zero attached hydrogens (tertiary/aromatic N) is 1. The topological polar surface area (TPSA) is 45.4 Å². The fraction of sp³-hybridized carbons (Fsp3) is 0. The minimum absolute atomic E-state index is 0.613. The molecule has 162 valence electrons. The summed E-state index contributed by atoms with van der Waals surface area (Å²) in [5, 5.41) is 22.9. The molecule has 0 saturated carbocycles. The van der Waals surface area contributed by atoms with Gasteiger partial charge in [-0.25, -0.2) is 0 Å². The molecule has 0 atom stereocenters. The maximum Gasteiger partial charge on any atom is 0.487 e. The maximum atomic E-state index is 10.3. The van der Waals surface area contributed by atoms with Gasteiger partial charge in [0.1, 0.15) is 54.9 Å². The average molecular weight is 446 g/mol. The van der Waals surface area contributed by atoms with Crippen molar-refractivity contribution in [3.05, 3.63) is 54.6 Å². The normalized spacial score (nSPS) is 11.4. The molecular weight excluding hydrogens is 421 g/mol. The molecule has 5 rings (SSSR count). The molecule has 0 unspecified atom stereocenters. The molecule has 3 nitrogen and oxygen atoms in total. The smallest absolute Gasteiger partial charge is 0.423 e. The molecule has 0 spiro atoms. The molecule has 0 fully saturated rings. The van der Waals surface area contributed by atoms with Crippen LogP contribution in [0.4, 0.5) is 0 Å². The van der Waals surface area contributed by atoms with E-state index in [-0.39, 0.29) is 0 Å². The van der Waals surface area contributed by atoms with Gasteiger partial charge >= 0.3 is 7.12 Å². The number of hydrogen-bond acceptors (Lipinski definition) is 2. The summed E-state index contributed by atoms with van der Waals surface area (Å²) in [4.78, 5) is 0. The van der Waals surface area contributed by atoms with Crippen molar-refractivity contribution in [2.75, 3.05) is 0 Å². The zero-order valence-corrected chi connectivity index (χ0v) is 21.6. The highest BCUT2D eigenvalue weighted by molar-refractivity contribution is 6.76. The molecule has 0 amide bonds. The first-order valence-electron chi connectivity index (χ1n) is 12.2. The third kappa shape index (κ3) is 3.48. The number of aromatic nitrogens is 1. The van der Waals surface area contributed by atoms with E-state index in [0.29, 0.717) is 5.46 Å². The average Bonchev–Trinajstić information content (AvgIpc) is 3.22. The van der Waals surface area contributed by atoms with Crippen LogP contribution in [0.3, 0.4) is 0 Å². The lowest BCUT2D eigenvalue weighted by Gasteiger charge is -2.18. The lowest BCUT2D eigenvalue weighted by molar-refractivity contribution is 0.426. The van der Waals surface area contributed by atoms with Crippen LogP contribution in [0.2, 0.25) is 0 Å². The van der Waals surface area contributed by atoms with Crippen LogP contribution >= 0.6 is 0 Å². The van der Waals surface area contributed by atoms with E-state index in [1.807, 2.05) is 21.8 Å². The van der Waals surface area contributed by atoms with Crippen molar-refractivity contribution in [3.63, 3.8) is 0 Å². The predicted molar refractivity (Wildman–Crippen MR) is 173 cm³/mol. The number of fused-ring (bicyclic) bond motifs is 3. The second-order valence-corrected chi connectivity index (χ2v) is 9.86. The highest BCUT2D eigenvalue weighted by Gasteiger charge is 2.27. The molecule has 0 aliphatic rings. The van der Waals surface area contributed by atoms with E-state index in [4.69, 9.17) is 0 Å². The van der Waals surface area contributed by atoms with Crippen molar-refractivity contribution in [3.8, 4) is 16.8 Å². The molecule has 11 heteroatoms. The van der Waals surface area contributed by atoms with Crippen molar-refractivity contribution in [2.24, 2.45) is 0 Å². The summed E-state index contributed by atoms with van der Waals surface area (Å²) < 4.78 is 2.40. The van der Waals surface area contributed by atoms with Crippen molar-refractivity contribution in [1.29, 1.82) is 0 Å². The third-order valence-electron chi connectivity index (χ3n) is 8.16. The standard InChI is InChI=1S/C24H25B8NO2/c25-15-13-14-16(26)22(32(34)35)19(29)21(31)24(14)33(23(13)20(30)18(28)17(15)27)12-8-4-7-11(9-12)10-5-2-1-3-6-10/h1-9,34-35H,25-31H2. The van der Waals surface area contributed by atoms with Crippen molar-refractivity contribution in [1.82, 2.24) is 4.57 Å². The van der Waals surface area contributed by atoms with Crippen LogP contribution in [0.25, 0.3) is 38.6 Å². The van der Waals surface area contributed by atoms with Gasteiger partial charge in [-0.3, -0.25) is 0 Å². The molecule has 0 aliphatic carbocycles. The largest absolute Gasteiger partial charge is 0.487 e. The zero-order chi connectivity index (χ0) is 25.2. The summed E-state index contributed by atoms with van der Waals surface area (Å²) >= 11 is 0. The Morgan fingerprint density at radius 1 is 0.543 bits per heavy atom. The Morgan fingerprint density at radius 2 is 1.09 bits per heavy atom. The van der Waals surface area contributed by atoms with E-state index in [1.165, 1.54) is 43.9 Å². The second-order valence-electron chi connectivity index (χ2n) is 9.86. The van der Waals surface area contributed by atoms with Gasteiger partial charge in [-0.2, -0.15) is 0 Å². The van der Waals surface area contributed by atoms with Crippen LogP contribution in [0.1, 0.15) is 0 Å². The van der Waals surface area contributed by atoms with Crippen LogP contribution in [0.15, 0.2) is 54.6 Å². The minimum Gasteiger partial charge on any atom is -0.423 e. The molecule has 4 aromatic carbocycles. The van der Waals surface area contributed by atoms with Crippen LogP contribution in [-0.4, -0.2) is 76.7 Å². The van der Waals surface area contributed by atoms with Gasteiger partial charge in [-0.1, -0.05) is 75.2 Å². The van der Waals surface area contributed by atoms with Crippen molar-refractivity contribution >= 4 is 128 Å². The van der Waals surface area contributed by atoms with E-state index < -0.39 is 7.12 Å². The van der Waals surface area contributed by atoms with Crippen molar-refractivity contribution in [2.45, 2.75) is 0 Å². The number of hydrogen-bond donors (Lipinski definition) is 2. The molecule has 1 heterocycles. The fourth-order valence-corrected chi connectivity index (χ4v) is 5.84. The van der Waals surface area contributed by atoms with E-state index in [1.54, 1.807) is 0 Å². The Labute approximate surface area is 213 Å². The summed E-state index contributed by atoms with van der Waals surface area (Å²) in [6.07, 6.45) is 0. The van der Waals surface area contributed by atoms with E-state index >= 15 is 0 Å². The molecule has 5 aromatic rings. The van der Waals surface area contributed by atoms with E-state index in [0.717, 1.165) is 33.0 Å². The van der Waals surface area contributed by atoms with Crippen LogP contribution in [0, 0.1) is 0 Å². The lowest BCUT2D eigenvalue weighted by Crippen LogP contribution is -2.56. The maximum absolute atomic E-state index is 10.3. The van der Waals surface area contributed by atoms with E-state index in [2.05, 4.69) is 92.3 Å². The van der Waals surface area contributed by atoms with Gasteiger partial charge in [0.05, 0.1) is 0 Å². The van der Waals surface area contributed by atoms with Gasteiger partial charge in [0.2, 0.25) is 0 Å². The molecule has 35 heavy (non-hydrogen) atoms. The highest BCUT2D eigenvalue weighted by Crippen LogP contribution is 2.29. The van der Waals surface area contributed by atoms with Gasteiger partial charge in [0.25, 0.3) is 0 Å². The fourth-order valence-electron chi connectivity index (χ4n) is 5.84. The Balaban J connectivity index is 2.03. The SMILES string of the molecule is Bc1c(B)c(B)c2c(c1B)c1c(B)c(B(O)O)c(B)c(B)c1n2-c1cccc(-c2ccccc2)c1. The zero-order valence-electron chi connectivity index (χ0n) is 21.6. The van der Waals surface area contributed by atoms with Crippen LogP contribution < -0.4 is 43.7 Å². The van der Waals surface area contributed by atoms with Gasteiger partial charge in [-0.05, 0) is 39.5 Å². The Kier molecular flexibility index (Phi) is 5.89. The minimum atomic E-state index is -1.51. The van der Waals surface area contributed by atoms with Crippen molar-refractivity contribution < 1.29 is 10.0 Å². The first-order valence-corrected chi connectivity index (χ1v) is 12.2. The summed E-state index contributed by atoms with van der Waals surface area (Å²) in [6.45, 7) is 0. The highest BCUT2D eigenvalue weighted by atomic mass is 16.4. The summed E-state index contributed by atoms with van der Waals surface area (Å²) in [6, 6.07) is 19.2. The summed E-state index contributed by atoms with van der Waals surface area (Å²) in [5.41, 5.74) is 14.4. The van der Waals surface area contributed by atoms with Gasteiger partial charge < -0.3 is 14.6 Å². The number of benzene rings is 4. The monoisotopic (exact) mass is 447 g/mol. The molecule has 0 saturated heterocycles. The summed E-state index contributed by atoms with van der Waals surface area (Å²) in [5.74, 6) is 0. The van der Waals surface area contributed by atoms with Gasteiger partial charge in [-0.15, -0.1) is 5.46 Å². The summed E-state index contributed by atoms with van der Waals surface area (Å²) in [7, 11) is 13.4. The molecule has 1 aromatic heterocycles. The first-order chi connectivity index (χ1) is 16.6. The molecule has 0 radical (unpaired) electrons.